The Bertz CT molecular complexity index is 532. The number of ether oxygens (including phenoxy) is 1. The Morgan fingerprint density at radius 2 is 2.11 bits per heavy atom. The first kappa shape index (κ1) is 13.0. The van der Waals surface area contributed by atoms with Crippen molar-refractivity contribution in [3.05, 3.63) is 5.82 Å². The number of aromatic nitrogens is 5. The maximum atomic E-state index is 5.28. The lowest BCUT2D eigenvalue weighted by Gasteiger charge is -2.04. The van der Waals surface area contributed by atoms with Gasteiger partial charge < -0.3 is 10.1 Å². The van der Waals surface area contributed by atoms with E-state index in [0.717, 1.165) is 10.2 Å². The van der Waals surface area contributed by atoms with Gasteiger partial charge in [-0.3, -0.25) is 0 Å². The fourth-order valence-electron chi connectivity index (χ4n) is 1.09. The molecule has 0 fully saturated rings. The second kappa shape index (κ2) is 5.91. The normalized spacial score (nSPS) is 10.4. The molecular weight excluding hydrogens is 272 g/mol. The van der Waals surface area contributed by atoms with E-state index < -0.39 is 0 Å². The summed E-state index contributed by atoms with van der Waals surface area (Å²) in [7, 11) is 1.74. The molecule has 0 aliphatic heterocycles. The molecular formula is C9H12N6OS2. The first-order valence-corrected chi connectivity index (χ1v) is 6.85. The molecule has 18 heavy (non-hydrogen) atoms. The molecule has 96 valence electrons. The van der Waals surface area contributed by atoms with Crippen molar-refractivity contribution in [3.63, 3.8) is 0 Å². The van der Waals surface area contributed by atoms with Gasteiger partial charge in [0.2, 0.25) is 11.1 Å². The quantitative estimate of drug-likeness (QED) is 0.886. The van der Waals surface area contributed by atoms with Gasteiger partial charge in [0.15, 0.2) is 4.34 Å². The minimum Gasteiger partial charge on any atom is -0.464 e. The van der Waals surface area contributed by atoms with Gasteiger partial charge in [0, 0.05) is 7.05 Å². The third-order valence-corrected chi connectivity index (χ3v) is 3.49. The van der Waals surface area contributed by atoms with E-state index in [0.29, 0.717) is 23.7 Å². The Hall–Kier alpha value is -1.48. The molecule has 0 radical (unpaired) electrons. The minimum absolute atomic E-state index is 0.306. The van der Waals surface area contributed by atoms with E-state index in [1.54, 1.807) is 7.05 Å². The van der Waals surface area contributed by atoms with Gasteiger partial charge in [-0.15, -0.1) is 0 Å². The van der Waals surface area contributed by atoms with Gasteiger partial charge in [0.25, 0.3) is 0 Å². The van der Waals surface area contributed by atoms with Crippen LogP contribution >= 0.6 is 23.3 Å². The van der Waals surface area contributed by atoms with E-state index >= 15 is 0 Å². The van der Waals surface area contributed by atoms with Gasteiger partial charge >= 0.3 is 6.01 Å². The summed E-state index contributed by atoms with van der Waals surface area (Å²) in [6.07, 6.45) is 0. The molecule has 2 aromatic heterocycles. The number of rotatable bonds is 5. The van der Waals surface area contributed by atoms with Crippen LogP contribution in [0.2, 0.25) is 0 Å². The highest BCUT2D eigenvalue weighted by Crippen LogP contribution is 2.27. The second-order valence-corrected chi connectivity index (χ2v) is 5.08. The first-order valence-electron chi connectivity index (χ1n) is 5.26. The highest BCUT2D eigenvalue weighted by molar-refractivity contribution is 8.00. The van der Waals surface area contributed by atoms with Crippen LogP contribution in [0.4, 0.5) is 5.95 Å². The summed E-state index contributed by atoms with van der Waals surface area (Å²) in [4.78, 5) is 16.8. The fourth-order valence-corrected chi connectivity index (χ4v) is 2.58. The maximum Gasteiger partial charge on any atom is 0.322 e. The molecule has 0 aliphatic rings. The van der Waals surface area contributed by atoms with Crippen LogP contribution in [0.3, 0.4) is 0 Å². The fraction of sp³-hybridized carbons (Fsp3) is 0.444. The van der Waals surface area contributed by atoms with Crippen molar-refractivity contribution >= 4 is 29.2 Å². The summed E-state index contributed by atoms with van der Waals surface area (Å²) < 4.78 is 10.2. The van der Waals surface area contributed by atoms with Gasteiger partial charge in [0.05, 0.1) is 6.61 Å². The zero-order chi connectivity index (χ0) is 13.0. The van der Waals surface area contributed by atoms with Crippen LogP contribution in [-0.4, -0.2) is 38.0 Å². The van der Waals surface area contributed by atoms with Crippen molar-refractivity contribution in [2.24, 2.45) is 0 Å². The van der Waals surface area contributed by atoms with Gasteiger partial charge in [-0.05, 0) is 37.1 Å². The molecule has 0 saturated carbocycles. The third-order valence-electron chi connectivity index (χ3n) is 1.78. The smallest absolute Gasteiger partial charge is 0.322 e. The lowest BCUT2D eigenvalue weighted by molar-refractivity contribution is 0.308. The largest absolute Gasteiger partial charge is 0.464 e. The van der Waals surface area contributed by atoms with E-state index in [-0.39, 0.29) is 0 Å². The molecule has 0 unspecified atom stereocenters. The lowest BCUT2D eigenvalue weighted by Crippen LogP contribution is -2.04. The predicted octanol–water partition coefficient (Wildman–Crippen LogP) is 1.62. The summed E-state index contributed by atoms with van der Waals surface area (Å²) in [5.41, 5.74) is 0. The average Bonchev–Trinajstić information content (AvgIpc) is 2.75. The van der Waals surface area contributed by atoms with Crippen LogP contribution < -0.4 is 10.1 Å². The SMILES string of the molecule is CCOc1nc(NC)nc(Sc2nc(C)ns2)n1. The number of hydrogen-bond acceptors (Lipinski definition) is 9. The third kappa shape index (κ3) is 3.26. The molecule has 2 rings (SSSR count). The predicted molar refractivity (Wildman–Crippen MR) is 69.3 cm³/mol. The van der Waals surface area contributed by atoms with Crippen molar-refractivity contribution < 1.29 is 4.74 Å². The van der Waals surface area contributed by atoms with Crippen LogP contribution in [-0.2, 0) is 0 Å². The van der Waals surface area contributed by atoms with Crippen LogP contribution in [0.5, 0.6) is 6.01 Å². The van der Waals surface area contributed by atoms with E-state index in [4.69, 9.17) is 4.74 Å². The molecule has 0 spiro atoms. The van der Waals surface area contributed by atoms with Crippen LogP contribution in [0.25, 0.3) is 0 Å². The van der Waals surface area contributed by atoms with E-state index in [9.17, 15) is 0 Å². The van der Waals surface area contributed by atoms with Gasteiger partial charge in [-0.1, -0.05) is 0 Å². The molecule has 1 N–H and O–H groups in total. The standard InChI is InChI=1S/C9H12N6OS2/c1-4-16-7-12-6(10-3)13-8(14-7)17-9-11-5(2)15-18-9/h4H2,1-3H3,(H,10,12,13,14). The van der Waals surface area contributed by atoms with Crippen LogP contribution in [0, 0.1) is 6.92 Å². The Morgan fingerprint density at radius 1 is 1.28 bits per heavy atom. The van der Waals surface area contributed by atoms with Crippen LogP contribution in [0.15, 0.2) is 9.50 Å². The molecule has 9 heteroatoms. The van der Waals surface area contributed by atoms with Crippen molar-refractivity contribution in [1.29, 1.82) is 0 Å². The summed E-state index contributed by atoms with van der Waals surface area (Å²) in [5.74, 6) is 1.22. The summed E-state index contributed by atoms with van der Waals surface area (Å²) in [5, 5.41) is 3.41. The Morgan fingerprint density at radius 3 is 2.72 bits per heavy atom. The molecule has 0 aromatic carbocycles. The number of nitrogens with one attached hydrogen (secondary N) is 1. The molecule has 0 atom stereocenters. The molecule has 0 bridgehead atoms. The zero-order valence-corrected chi connectivity index (χ0v) is 11.8. The summed E-state index contributed by atoms with van der Waals surface area (Å²) in [6, 6.07) is 0.306. The van der Waals surface area contributed by atoms with Crippen molar-refractivity contribution in [1.82, 2.24) is 24.3 Å². The Kier molecular flexibility index (Phi) is 4.26. The Balaban J connectivity index is 2.23. The maximum absolute atomic E-state index is 5.28. The van der Waals surface area contributed by atoms with Crippen molar-refractivity contribution in [2.75, 3.05) is 19.0 Å². The number of aryl methyl sites for hydroxylation is 1. The Labute approximate surface area is 113 Å². The summed E-state index contributed by atoms with van der Waals surface area (Å²) >= 11 is 2.66. The first-order chi connectivity index (χ1) is 8.71. The van der Waals surface area contributed by atoms with Crippen LogP contribution in [0.1, 0.15) is 12.7 Å². The minimum atomic E-state index is 0.306. The lowest BCUT2D eigenvalue weighted by atomic mass is 10.8. The monoisotopic (exact) mass is 284 g/mol. The van der Waals surface area contributed by atoms with E-state index in [2.05, 4.69) is 29.6 Å². The number of nitrogens with zero attached hydrogens (tertiary/aromatic N) is 5. The molecule has 0 aliphatic carbocycles. The van der Waals surface area contributed by atoms with E-state index in [1.165, 1.54) is 23.3 Å². The number of anilines is 1. The molecule has 2 heterocycles. The van der Waals surface area contributed by atoms with Gasteiger partial charge in [0.1, 0.15) is 5.82 Å². The topological polar surface area (TPSA) is 85.7 Å². The average molecular weight is 284 g/mol. The second-order valence-electron chi connectivity index (χ2n) is 3.12. The summed E-state index contributed by atoms with van der Waals surface area (Å²) in [6.45, 7) is 4.23. The molecule has 0 saturated heterocycles. The van der Waals surface area contributed by atoms with Crippen molar-refractivity contribution in [3.8, 4) is 6.01 Å². The van der Waals surface area contributed by atoms with Gasteiger partial charge in [-0.25, -0.2) is 4.98 Å². The zero-order valence-electron chi connectivity index (χ0n) is 10.2. The molecule has 0 amide bonds. The highest BCUT2D eigenvalue weighted by atomic mass is 32.2. The highest BCUT2D eigenvalue weighted by Gasteiger charge is 2.10. The van der Waals surface area contributed by atoms with Crippen molar-refractivity contribution in [2.45, 2.75) is 23.3 Å². The number of hydrogen-bond donors (Lipinski definition) is 1. The van der Waals surface area contributed by atoms with E-state index in [1.807, 2.05) is 13.8 Å². The molecule has 2 aromatic rings. The van der Waals surface area contributed by atoms with Gasteiger partial charge in [-0.2, -0.15) is 19.3 Å². The molecule has 7 nitrogen and oxygen atoms in total.